The third-order valence-electron chi connectivity index (χ3n) is 5.24. The van der Waals surface area contributed by atoms with Gasteiger partial charge in [0.15, 0.2) is 6.29 Å². The van der Waals surface area contributed by atoms with E-state index in [4.69, 9.17) is 4.74 Å². The second kappa shape index (κ2) is 8.74. The monoisotopic (exact) mass is 408 g/mol. The number of pyridine rings is 1. The van der Waals surface area contributed by atoms with E-state index in [-0.39, 0.29) is 24.6 Å². The molecule has 0 aliphatic carbocycles. The molecule has 8 nitrogen and oxygen atoms in total. The van der Waals surface area contributed by atoms with Crippen LogP contribution in [0.25, 0.3) is 5.69 Å². The largest absolute Gasteiger partial charge is 0.389 e. The molecule has 1 fully saturated rings. The normalized spacial score (nSPS) is 21.4. The minimum Gasteiger partial charge on any atom is -0.389 e. The number of hydrogen-bond acceptors (Lipinski definition) is 6. The van der Waals surface area contributed by atoms with Gasteiger partial charge in [0, 0.05) is 25.0 Å². The van der Waals surface area contributed by atoms with Crippen molar-refractivity contribution in [2.75, 3.05) is 6.61 Å². The number of aliphatic hydroxyl groups excluding tert-OH is 2. The Balaban J connectivity index is 1.47. The standard InChI is InChI=1S/C22H24N4O4/c1-14-12-23-19(22(29)25-18-11-21(28)30-13-20(18)27)10-16(14)9-15-3-5-17(6-4-15)26-8-2-7-24-26/h2-8,10,12,18,20-21,27-28H,9,11,13H2,1H3,(H,25,29)/t18-,20-,21?/m0/s1. The smallest absolute Gasteiger partial charge is 0.270 e. The molecule has 0 radical (unpaired) electrons. The highest BCUT2D eigenvalue weighted by molar-refractivity contribution is 5.92. The molecule has 3 N–H and O–H groups in total. The van der Waals surface area contributed by atoms with Crippen molar-refractivity contribution in [1.29, 1.82) is 0 Å². The Labute approximate surface area is 174 Å². The van der Waals surface area contributed by atoms with Gasteiger partial charge in [0.25, 0.3) is 5.91 Å². The van der Waals surface area contributed by atoms with E-state index >= 15 is 0 Å². The van der Waals surface area contributed by atoms with E-state index in [1.165, 1.54) is 0 Å². The fourth-order valence-corrected chi connectivity index (χ4v) is 3.45. The fraction of sp³-hybridized carbons (Fsp3) is 0.318. The van der Waals surface area contributed by atoms with Crippen molar-refractivity contribution in [3.05, 3.63) is 77.4 Å². The quantitative estimate of drug-likeness (QED) is 0.588. The van der Waals surface area contributed by atoms with E-state index in [0.29, 0.717) is 6.42 Å². The summed E-state index contributed by atoms with van der Waals surface area (Å²) in [5.74, 6) is -0.386. The summed E-state index contributed by atoms with van der Waals surface area (Å²) in [5, 5.41) is 26.6. The van der Waals surface area contributed by atoms with E-state index in [2.05, 4.69) is 15.4 Å². The van der Waals surface area contributed by atoms with Gasteiger partial charge in [-0.3, -0.25) is 9.78 Å². The van der Waals surface area contributed by atoms with Crippen LogP contribution in [0.5, 0.6) is 0 Å². The van der Waals surface area contributed by atoms with Crippen LogP contribution in [-0.4, -0.2) is 55.9 Å². The van der Waals surface area contributed by atoms with Gasteiger partial charge >= 0.3 is 0 Å². The number of carbonyl (C=O) groups excluding carboxylic acids is 1. The van der Waals surface area contributed by atoms with Crippen LogP contribution in [0.15, 0.2) is 55.0 Å². The van der Waals surface area contributed by atoms with Gasteiger partial charge in [-0.2, -0.15) is 5.10 Å². The lowest BCUT2D eigenvalue weighted by molar-refractivity contribution is -0.165. The summed E-state index contributed by atoms with van der Waals surface area (Å²) in [6.45, 7) is 1.94. The summed E-state index contributed by atoms with van der Waals surface area (Å²) < 4.78 is 6.77. The highest BCUT2D eigenvalue weighted by Gasteiger charge is 2.30. The molecule has 1 saturated heterocycles. The molecule has 0 spiro atoms. The van der Waals surface area contributed by atoms with Crippen LogP contribution in [0.1, 0.15) is 33.6 Å². The first kappa shape index (κ1) is 20.2. The number of aromatic nitrogens is 3. The molecule has 30 heavy (non-hydrogen) atoms. The first-order valence-electron chi connectivity index (χ1n) is 9.82. The maximum absolute atomic E-state index is 12.6. The molecule has 3 aromatic rings. The van der Waals surface area contributed by atoms with Crippen molar-refractivity contribution in [2.45, 2.75) is 38.2 Å². The molecular weight excluding hydrogens is 384 g/mol. The van der Waals surface area contributed by atoms with E-state index in [9.17, 15) is 15.0 Å². The number of nitrogens with zero attached hydrogens (tertiary/aromatic N) is 3. The molecule has 4 rings (SSSR count). The molecule has 1 aliphatic rings. The minimum atomic E-state index is -0.995. The zero-order valence-electron chi connectivity index (χ0n) is 16.6. The predicted molar refractivity (Wildman–Crippen MR) is 109 cm³/mol. The molecule has 3 atom stereocenters. The Bertz CT molecular complexity index is 1000. The van der Waals surface area contributed by atoms with Crippen LogP contribution in [-0.2, 0) is 11.2 Å². The zero-order chi connectivity index (χ0) is 21.1. The van der Waals surface area contributed by atoms with Crippen LogP contribution >= 0.6 is 0 Å². The Morgan fingerprint density at radius 1 is 1.30 bits per heavy atom. The Hall–Kier alpha value is -3.07. The van der Waals surface area contributed by atoms with Crippen molar-refractivity contribution in [3.8, 4) is 5.69 Å². The maximum atomic E-state index is 12.6. The number of aryl methyl sites for hydroxylation is 1. The molecule has 8 heteroatoms. The average Bonchev–Trinajstić information content (AvgIpc) is 3.28. The summed E-state index contributed by atoms with van der Waals surface area (Å²) in [6, 6.07) is 11.2. The predicted octanol–water partition coefficient (Wildman–Crippen LogP) is 1.36. The minimum absolute atomic E-state index is 0.0206. The zero-order valence-corrected chi connectivity index (χ0v) is 16.6. The lowest BCUT2D eigenvalue weighted by Crippen LogP contribution is -2.51. The number of carbonyl (C=O) groups is 1. The fourth-order valence-electron chi connectivity index (χ4n) is 3.45. The number of hydrogen-bond donors (Lipinski definition) is 3. The molecular formula is C22H24N4O4. The first-order chi connectivity index (χ1) is 14.5. The second-order valence-electron chi connectivity index (χ2n) is 7.46. The summed E-state index contributed by atoms with van der Waals surface area (Å²) in [7, 11) is 0. The van der Waals surface area contributed by atoms with Crippen molar-refractivity contribution in [1.82, 2.24) is 20.1 Å². The highest BCUT2D eigenvalue weighted by Crippen LogP contribution is 2.18. The van der Waals surface area contributed by atoms with Crippen molar-refractivity contribution in [2.24, 2.45) is 0 Å². The molecule has 1 aliphatic heterocycles. The van der Waals surface area contributed by atoms with Crippen LogP contribution in [0, 0.1) is 6.92 Å². The SMILES string of the molecule is Cc1cnc(C(=O)N[C@H]2CC(O)OC[C@@H]2O)cc1Cc1ccc(-n2cccn2)cc1. The van der Waals surface area contributed by atoms with Crippen molar-refractivity contribution >= 4 is 5.91 Å². The van der Waals surface area contributed by atoms with Gasteiger partial charge < -0.3 is 20.3 Å². The van der Waals surface area contributed by atoms with Gasteiger partial charge in [0.05, 0.1) is 24.4 Å². The van der Waals surface area contributed by atoms with Crippen LogP contribution in [0.2, 0.25) is 0 Å². The number of amides is 1. The number of benzene rings is 1. The molecule has 1 aromatic carbocycles. The molecule has 2 aromatic heterocycles. The molecule has 1 unspecified atom stereocenters. The van der Waals surface area contributed by atoms with E-state index in [0.717, 1.165) is 22.4 Å². The Morgan fingerprint density at radius 3 is 2.83 bits per heavy atom. The van der Waals surface area contributed by atoms with E-state index in [1.807, 2.05) is 43.5 Å². The van der Waals surface area contributed by atoms with Crippen molar-refractivity contribution < 1.29 is 19.7 Å². The second-order valence-corrected chi connectivity index (χ2v) is 7.46. The topological polar surface area (TPSA) is 110 Å². The third kappa shape index (κ3) is 4.56. The molecule has 0 bridgehead atoms. The number of aliphatic hydroxyl groups is 2. The van der Waals surface area contributed by atoms with E-state index < -0.39 is 18.4 Å². The lowest BCUT2D eigenvalue weighted by Gasteiger charge is -2.31. The molecule has 1 amide bonds. The summed E-state index contributed by atoms with van der Waals surface area (Å²) >= 11 is 0. The van der Waals surface area contributed by atoms with Gasteiger partial charge in [-0.25, -0.2) is 4.68 Å². The average molecular weight is 408 g/mol. The Morgan fingerprint density at radius 2 is 2.10 bits per heavy atom. The number of nitrogens with one attached hydrogen (secondary N) is 1. The van der Waals surface area contributed by atoms with Gasteiger partial charge in [-0.05, 0) is 54.3 Å². The lowest BCUT2D eigenvalue weighted by atomic mass is 10.0. The number of rotatable bonds is 5. The van der Waals surface area contributed by atoms with Gasteiger partial charge in [0.1, 0.15) is 5.69 Å². The van der Waals surface area contributed by atoms with Crippen LogP contribution in [0.3, 0.4) is 0 Å². The Kier molecular flexibility index (Phi) is 5.89. The van der Waals surface area contributed by atoms with E-state index in [1.54, 1.807) is 23.1 Å². The maximum Gasteiger partial charge on any atom is 0.270 e. The summed E-state index contributed by atoms with van der Waals surface area (Å²) in [4.78, 5) is 16.9. The summed E-state index contributed by atoms with van der Waals surface area (Å²) in [6.07, 6.45) is 4.24. The van der Waals surface area contributed by atoms with Gasteiger partial charge in [0.2, 0.25) is 0 Å². The molecule has 0 saturated carbocycles. The highest BCUT2D eigenvalue weighted by atomic mass is 16.6. The summed E-state index contributed by atoms with van der Waals surface area (Å²) in [5.41, 5.74) is 4.35. The van der Waals surface area contributed by atoms with Crippen LogP contribution in [0.4, 0.5) is 0 Å². The van der Waals surface area contributed by atoms with Crippen LogP contribution < -0.4 is 5.32 Å². The van der Waals surface area contributed by atoms with Gasteiger partial charge in [-0.15, -0.1) is 0 Å². The molecule has 156 valence electrons. The van der Waals surface area contributed by atoms with Crippen molar-refractivity contribution in [3.63, 3.8) is 0 Å². The third-order valence-corrected chi connectivity index (χ3v) is 5.24. The van der Waals surface area contributed by atoms with Gasteiger partial charge in [-0.1, -0.05) is 12.1 Å². The molecule has 3 heterocycles. The number of ether oxygens (including phenoxy) is 1. The first-order valence-corrected chi connectivity index (χ1v) is 9.82.